The van der Waals surface area contributed by atoms with E-state index < -0.39 is 0 Å². The number of nitrogens with one attached hydrogen (secondary N) is 1. The van der Waals surface area contributed by atoms with Gasteiger partial charge in [0.1, 0.15) is 11.5 Å². The van der Waals surface area contributed by atoms with E-state index in [2.05, 4.69) is 15.3 Å². The van der Waals surface area contributed by atoms with Crippen molar-refractivity contribution in [1.29, 1.82) is 0 Å². The Bertz CT molecular complexity index is 591. The molecule has 98 valence electrons. The molecular formula is C14H15N3O2. The minimum Gasteiger partial charge on any atom is -0.497 e. The van der Waals surface area contributed by atoms with Gasteiger partial charge < -0.3 is 14.8 Å². The van der Waals surface area contributed by atoms with Gasteiger partial charge in [0.2, 0.25) is 0 Å². The van der Waals surface area contributed by atoms with Crippen molar-refractivity contribution in [3.8, 4) is 22.9 Å². The van der Waals surface area contributed by atoms with E-state index in [-0.39, 0.29) is 0 Å². The summed E-state index contributed by atoms with van der Waals surface area (Å²) < 4.78 is 10.5. The molecule has 5 nitrogen and oxygen atoms in total. The van der Waals surface area contributed by atoms with E-state index in [1.807, 2.05) is 24.4 Å². The SMILES string of the molecule is COc1cc(OC)cc(-c2ncc3c(n2)CNC3)c1. The Hall–Kier alpha value is -2.14. The van der Waals surface area contributed by atoms with Gasteiger partial charge in [-0.1, -0.05) is 0 Å². The van der Waals surface area contributed by atoms with Gasteiger partial charge in [0.05, 0.1) is 19.9 Å². The topological polar surface area (TPSA) is 56.3 Å². The summed E-state index contributed by atoms with van der Waals surface area (Å²) in [5, 5.41) is 3.26. The average molecular weight is 257 g/mol. The normalized spacial score (nSPS) is 13.2. The standard InChI is InChI=1S/C14H15N3O2/c1-18-11-3-9(4-12(5-11)19-2)14-16-7-10-6-15-8-13(10)17-14/h3-5,7,15H,6,8H2,1-2H3. The molecule has 1 aromatic heterocycles. The molecule has 19 heavy (non-hydrogen) atoms. The van der Waals surface area contributed by atoms with E-state index in [0.29, 0.717) is 5.82 Å². The highest BCUT2D eigenvalue weighted by Gasteiger charge is 2.14. The molecule has 0 aliphatic carbocycles. The van der Waals surface area contributed by atoms with Crippen LogP contribution in [0.3, 0.4) is 0 Å². The summed E-state index contributed by atoms with van der Waals surface area (Å²) in [5.74, 6) is 2.16. The van der Waals surface area contributed by atoms with Gasteiger partial charge in [0, 0.05) is 36.5 Å². The molecule has 5 heteroatoms. The van der Waals surface area contributed by atoms with E-state index in [1.54, 1.807) is 14.2 Å². The number of nitrogens with zero attached hydrogens (tertiary/aromatic N) is 2. The molecule has 0 amide bonds. The zero-order valence-electron chi connectivity index (χ0n) is 10.9. The van der Waals surface area contributed by atoms with Crippen LogP contribution in [-0.4, -0.2) is 24.2 Å². The summed E-state index contributed by atoms with van der Waals surface area (Å²) >= 11 is 0. The summed E-state index contributed by atoms with van der Waals surface area (Å²) in [4.78, 5) is 9.00. The van der Waals surface area contributed by atoms with Crippen molar-refractivity contribution in [2.75, 3.05) is 14.2 Å². The highest BCUT2D eigenvalue weighted by Crippen LogP contribution is 2.28. The van der Waals surface area contributed by atoms with E-state index in [0.717, 1.165) is 35.8 Å². The van der Waals surface area contributed by atoms with Crippen molar-refractivity contribution in [3.63, 3.8) is 0 Å². The van der Waals surface area contributed by atoms with Crippen LogP contribution >= 0.6 is 0 Å². The lowest BCUT2D eigenvalue weighted by molar-refractivity contribution is 0.394. The van der Waals surface area contributed by atoms with Crippen molar-refractivity contribution in [3.05, 3.63) is 35.7 Å². The van der Waals surface area contributed by atoms with Crippen LogP contribution in [0.2, 0.25) is 0 Å². The summed E-state index contributed by atoms with van der Waals surface area (Å²) in [5.41, 5.74) is 3.12. The van der Waals surface area contributed by atoms with Crippen molar-refractivity contribution in [2.24, 2.45) is 0 Å². The zero-order valence-corrected chi connectivity index (χ0v) is 10.9. The third-order valence-electron chi connectivity index (χ3n) is 3.17. The van der Waals surface area contributed by atoms with Gasteiger partial charge in [-0.3, -0.25) is 0 Å². The average Bonchev–Trinajstić information content (AvgIpc) is 2.94. The van der Waals surface area contributed by atoms with Crippen LogP contribution in [0.15, 0.2) is 24.4 Å². The van der Waals surface area contributed by atoms with Crippen LogP contribution in [0.5, 0.6) is 11.5 Å². The minimum atomic E-state index is 0.694. The number of ether oxygens (including phenoxy) is 2. The lowest BCUT2D eigenvalue weighted by Gasteiger charge is -2.08. The summed E-state index contributed by atoms with van der Waals surface area (Å²) in [6.07, 6.45) is 1.88. The number of methoxy groups -OCH3 is 2. The molecule has 0 atom stereocenters. The molecule has 0 saturated carbocycles. The fourth-order valence-electron chi connectivity index (χ4n) is 2.13. The predicted molar refractivity (Wildman–Crippen MR) is 71.1 cm³/mol. The number of fused-ring (bicyclic) bond motifs is 1. The van der Waals surface area contributed by atoms with Gasteiger partial charge in [-0.15, -0.1) is 0 Å². The van der Waals surface area contributed by atoms with E-state index in [4.69, 9.17) is 9.47 Å². The quantitative estimate of drug-likeness (QED) is 0.908. The lowest BCUT2D eigenvalue weighted by atomic mass is 10.1. The molecule has 1 aliphatic rings. The van der Waals surface area contributed by atoms with Crippen molar-refractivity contribution >= 4 is 0 Å². The van der Waals surface area contributed by atoms with Crippen LogP contribution in [0.1, 0.15) is 11.3 Å². The zero-order chi connectivity index (χ0) is 13.2. The predicted octanol–water partition coefficient (Wildman–Crippen LogP) is 1.76. The maximum absolute atomic E-state index is 5.26. The first-order chi connectivity index (χ1) is 9.30. The second-order valence-corrected chi connectivity index (χ2v) is 4.37. The van der Waals surface area contributed by atoms with E-state index >= 15 is 0 Å². The van der Waals surface area contributed by atoms with Crippen LogP contribution in [0.25, 0.3) is 11.4 Å². The van der Waals surface area contributed by atoms with Crippen LogP contribution in [0, 0.1) is 0 Å². The highest BCUT2D eigenvalue weighted by atomic mass is 16.5. The lowest BCUT2D eigenvalue weighted by Crippen LogP contribution is -2.00. The molecule has 1 N–H and O–H groups in total. The largest absolute Gasteiger partial charge is 0.497 e. The first-order valence-corrected chi connectivity index (χ1v) is 6.09. The molecule has 2 heterocycles. The maximum atomic E-state index is 5.26. The first-order valence-electron chi connectivity index (χ1n) is 6.09. The van der Waals surface area contributed by atoms with Crippen LogP contribution in [0.4, 0.5) is 0 Å². The molecule has 1 aliphatic heterocycles. The fraction of sp³-hybridized carbons (Fsp3) is 0.286. The number of hydrogen-bond acceptors (Lipinski definition) is 5. The van der Waals surface area contributed by atoms with Gasteiger partial charge in [-0.25, -0.2) is 9.97 Å². The summed E-state index contributed by atoms with van der Waals surface area (Å²) in [7, 11) is 3.26. The Kier molecular flexibility index (Phi) is 3.05. The number of aromatic nitrogens is 2. The van der Waals surface area contributed by atoms with Gasteiger partial charge >= 0.3 is 0 Å². The Morgan fingerprint density at radius 2 is 1.79 bits per heavy atom. The van der Waals surface area contributed by atoms with Gasteiger partial charge in [0.15, 0.2) is 5.82 Å². The molecule has 0 fully saturated rings. The molecule has 0 bridgehead atoms. The second kappa shape index (κ2) is 4.85. The number of benzene rings is 1. The van der Waals surface area contributed by atoms with E-state index in [1.165, 1.54) is 5.56 Å². The van der Waals surface area contributed by atoms with Crippen LogP contribution in [-0.2, 0) is 13.1 Å². The third-order valence-corrected chi connectivity index (χ3v) is 3.17. The minimum absolute atomic E-state index is 0.694. The monoisotopic (exact) mass is 257 g/mol. The molecule has 2 aromatic rings. The maximum Gasteiger partial charge on any atom is 0.159 e. The first kappa shape index (κ1) is 11.9. The van der Waals surface area contributed by atoms with Gasteiger partial charge in [-0.2, -0.15) is 0 Å². The summed E-state index contributed by atoms with van der Waals surface area (Å²) in [6.45, 7) is 1.64. The molecule has 0 radical (unpaired) electrons. The van der Waals surface area contributed by atoms with E-state index in [9.17, 15) is 0 Å². The Morgan fingerprint density at radius 1 is 1.05 bits per heavy atom. The second-order valence-electron chi connectivity index (χ2n) is 4.37. The van der Waals surface area contributed by atoms with Crippen molar-refractivity contribution in [1.82, 2.24) is 15.3 Å². The Balaban J connectivity index is 2.05. The number of hydrogen-bond donors (Lipinski definition) is 1. The third kappa shape index (κ3) is 2.24. The Morgan fingerprint density at radius 3 is 2.47 bits per heavy atom. The van der Waals surface area contributed by atoms with Gasteiger partial charge in [-0.05, 0) is 12.1 Å². The molecular weight excluding hydrogens is 242 g/mol. The highest BCUT2D eigenvalue weighted by molar-refractivity contribution is 5.61. The molecule has 3 rings (SSSR count). The summed E-state index contributed by atoms with van der Waals surface area (Å²) in [6, 6.07) is 5.65. The smallest absolute Gasteiger partial charge is 0.159 e. The van der Waals surface area contributed by atoms with Gasteiger partial charge in [0.25, 0.3) is 0 Å². The Labute approximate surface area is 111 Å². The molecule has 0 unspecified atom stereocenters. The number of rotatable bonds is 3. The van der Waals surface area contributed by atoms with Crippen molar-refractivity contribution < 1.29 is 9.47 Å². The van der Waals surface area contributed by atoms with Crippen LogP contribution < -0.4 is 14.8 Å². The fourth-order valence-corrected chi connectivity index (χ4v) is 2.13. The van der Waals surface area contributed by atoms with Crippen molar-refractivity contribution in [2.45, 2.75) is 13.1 Å². The molecule has 1 aromatic carbocycles. The molecule has 0 saturated heterocycles. The molecule has 0 spiro atoms.